The molecule has 0 aliphatic rings. The average Bonchev–Trinajstić information content (AvgIpc) is 3.20. The monoisotopic (exact) mass is 396 g/mol. The third kappa shape index (κ3) is 5.65. The van der Waals surface area contributed by atoms with Gasteiger partial charge in [-0.05, 0) is 24.1 Å². The fourth-order valence-electron chi connectivity index (χ4n) is 2.38. The van der Waals surface area contributed by atoms with Crippen LogP contribution >= 0.6 is 11.3 Å². The first-order valence-corrected chi connectivity index (χ1v) is 9.70. The normalized spacial score (nSPS) is 10.3. The molecule has 28 heavy (non-hydrogen) atoms. The number of para-hydroxylation sites is 1. The summed E-state index contributed by atoms with van der Waals surface area (Å²) in [4.78, 5) is 28.0. The van der Waals surface area contributed by atoms with Gasteiger partial charge in [0.25, 0.3) is 5.91 Å². The number of aryl methyl sites for hydroxylation is 1. The number of nitrogens with zero attached hydrogens (tertiary/aromatic N) is 1. The first kappa shape index (κ1) is 19.6. The molecule has 1 amide bonds. The molecule has 1 heterocycles. The Balaban J connectivity index is 1.44. The second kappa shape index (κ2) is 9.66. The van der Waals surface area contributed by atoms with E-state index in [0.717, 1.165) is 17.7 Å². The minimum atomic E-state index is -0.616. The molecule has 0 unspecified atom stereocenters. The van der Waals surface area contributed by atoms with Crippen molar-refractivity contribution in [2.75, 3.05) is 18.5 Å². The van der Waals surface area contributed by atoms with Crippen LogP contribution in [0, 0.1) is 0 Å². The van der Waals surface area contributed by atoms with Crippen LogP contribution in [-0.4, -0.2) is 30.1 Å². The molecule has 144 valence electrons. The molecule has 0 fully saturated rings. The van der Waals surface area contributed by atoms with E-state index in [0.29, 0.717) is 10.9 Å². The van der Waals surface area contributed by atoms with Gasteiger partial charge in [-0.1, -0.05) is 49.4 Å². The summed E-state index contributed by atoms with van der Waals surface area (Å²) in [6.07, 6.45) is 0.980. The van der Waals surface area contributed by atoms with Gasteiger partial charge in [0.15, 0.2) is 18.3 Å². The minimum Gasteiger partial charge on any atom is -0.482 e. The number of ether oxygens (including phenoxy) is 2. The van der Waals surface area contributed by atoms with Crippen molar-refractivity contribution < 1.29 is 19.1 Å². The van der Waals surface area contributed by atoms with Crippen LogP contribution in [0.4, 0.5) is 5.13 Å². The summed E-state index contributed by atoms with van der Waals surface area (Å²) in [7, 11) is 0. The molecule has 0 spiro atoms. The van der Waals surface area contributed by atoms with Crippen molar-refractivity contribution in [3.63, 3.8) is 0 Å². The van der Waals surface area contributed by atoms with Gasteiger partial charge in [-0.2, -0.15) is 0 Å². The van der Waals surface area contributed by atoms with Crippen LogP contribution in [0.25, 0.3) is 11.3 Å². The summed E-state index contributed by atoms with van der Waals surface area (Å²) >= 11 is 1.32. The van der Waals surface area contributed by atoms with Crippen molar-refractivity contribution in [2.24, 2.45) is 0 Å². The summed E-state index contributed by atoms with van der Waals surface area (Å²) in [6.45, 7) is 1.45. The van der Waals surface area contributed by atoms with Gasteiger partial charge in [0, 0.05) is 10.9 Å². The zero-order valence-corrected chi connectivity index (χ0v) is 16.2. The third-order valence-corrected chi connectivity index (χ3v) is 4.63. The molecular weight excluding hydrogens is 376 g/mol. The van der Waals surface area contributed by atoms with Gasteiger partial charge in [-0.3, -0.25) is 10.1 Å². The molecule has 0 saturated carbocycles. The number of amides is 1. The van der Waals surface area contributed by atoms with Gasteiger partial charge in [-0.25, -0.2) is 9.78 Å². The number of benzene rings is 2. The Morgan fingerprint density at radius 2 is 1.79 bits per heavy atom. The van der Waals surface area contributed by atoms with E-state index in [9.17, 15) is 9.59 Å². The Hall–Kier alpha value is -3.19. The smallest absolute Gasteiger partial charge is 0.344 e. The molecule has 0 atom stereocenters. The van der Waals surface area contributed by atoms with Crippen LogP contribution in [0.1, 0.15) is 12.5 Å². The second-order valence-corrected chi connectivity index (χ2v) is 6.76. The van der Waals surface area contributed by atoms with Crippen LogP contribution in [0.2, 0.25) is 0 Å². The number of nitrogens with one attached hydrogen (secondary N) is 1. The van der Waals surface area contributed by atoms with Crippen molar-refractivity contribution in [1.82, 2.24) is 4.98 Å². The molecule has 6 nitrogen and oxygen atoms in total. The quantitative estimate of drug-likeness (QED) is 0.584. The van der Waals surface area contributed by atoms with Crippen molar-refractivity contribution in [3.8, 4) is 17.0 Å². The van der Waals surface area contributed by atoms with E-state index in [4.69, 9.17) is 9.47 Å². The zero-order valence-electron chi connectivity index (χ0n) is 15.4. The molecule has 1 N–H and O–H groups in total. The van der Waals surface area contributed by atoms with E-state index in [2.05, 4.69) is 29.4 Å². The summed E-state index contributed by atoms with van der Waals surface area (Å²) in [5.41, 5.74) is 3.03. The number of hydrogen-bond acceptors (Lipinski definition) is 6. The summed E-state index contributed by atoms with van der Waals surface area (Å²) < 4.78 is 10.2. The molecule has 0 aliphatic carbocycles. The lowest BCUT2D eigenvalue weighted by Gasteiger charge is -2.06. The Morgan fingerprint density at radius 1 is 1.04 bits per heavy atom. The molecular formula is C21H20N2O4S. The lowest BCUT2D eigenvalue weighted by molar-refractivity contribution is -0.149. The maximum absolute atomic E-state index is 12.0. The van der Waals surface area contributed by atoms with Crippen LogP contribution in [-0.2, 0) is 20.7 Å². The number of hydrogen-bond donors (Lipinski definition) is 1. The molecule has 0 bridgehead atoms. The Kier molecular flexibility index (Phi) is 6.75. The highest BCUT2D eigenvalue weighted by Crippen LogP contribution is 2.25. The molecule has 2 aromatic carbocycles. The highest BCUT2D eigenvalue weighted by Gasteiger charge is 2.11. The number of thiazole rings is 1. The highest BCUT2D eigenvalue weighted by atomic mass is 32.1. The van der Waals surface area contributed by atoms with Gasteiger partial charge >= 0.3 is 5.97 Å². The Morgan fingerprint density at radius 3 is 2.50 bits per heavy atom. The van der Waals surface area contributed by atoms with Gasteiger partial charge in [0.2, 0.25) is 0 Å². The van der Waals surface area contributed by atoms with Crippen molar-refractivity contribution in [3.05, 3.63) is 65.5 Å². The maximum atomic E-state index is 12.0. The lowest BCUT2D eigenvalue weighted by atomic mass is 10.1. The maximum Gasteiger partial charge on any atom is 0.344 e. The van der Waals surface area contributed by atoms with Gasteiger partial charge in [0.05, 0.1) is 5.69 Å². The van der Waals surface area contributed by atoms with Gasteiger partial charge in [-0.15, -0.1) is 11.3 Å². The van der Waals surface area contributed by atoms with Gasteiger partial charge in [0.1, 0.15) is 5.75 Å². The van der Waals surface area contributed by atoms with Crippen LogP contribution in [0.5, 0.6) is 5.75 Å². The Bertz CT molecular complexity index is 923. The summed E-state index contributed by atoms with van der Waals surface area (Å²) in [5.74, 6) is -0.503. The van der Waals surface area contributed by atoms with Crippen molar-refractivity contribution in [1.29, 1.82) is 0 Å². The first-order chi connectivity index (χ1) is 13.6. The molecule has 0 aliphatic heterocycles. The fraction of sp³-hybridized carbons (Fsp3) is 0.190. The predicted molar refractivity (Wildman–Crippen MR) is 108 cm³/mol. The fourth-order valence-corrected chi connectivity index (χ4v) is 3.11. The summed E-state index contributed by atoms with van der Waals surface area (Å²) in [6, 6.07) is 17.0. The number of aromatic nitrogens is 1. The van der Waals surface area contributed by atoms with Crippen LogP contribution in [0.3, 0.4) is 0 Å². The third-order valence-electron chi connectivity index (χ3n) is 3.87. The zero-order chi connectivity index (χ0) is 19.8. The second-order valence-electron chi connectivity index (χ2n) is 5.90. The molecule has 0 radical (unpaired) electrons. The molecule has 1 aromatic heterocycles. The van der Waals surface area contributed by atoms with E-state index in [1.807, 2.05) is 23.6 Å². The predicted octanol–water partition coefficient (Wildman–Crippen LogP) is 3.93. The molecule has 7 heteroatoms. The van der Waals surface area contributed by atoms with Crippen molar-refractivity contribution >= 4 is 28.3 Å². The summed E-state index contributed by atoms with van der Waals surface area (Å²) in [5, 5.41) is 4.96. The van der Waals surface area contributed by atoms with E-state index in [1.54, 1.807) is 24.3 Å². The van der Waals surface area contributed by atoms with E-state index in [-0.39, 0.29) is 6.61 Å². The van der Waals surface area contributed by atoms with E-state index < -0.39 is 18.5 Å². The lowest BCUT2D eigenvalue weighted by Crippen LogP contribution is -2.23. The number of carbonyl (C=O) groups excluding carboxylic acids is 2. The van der Waals surface area contributed by atoms with E-state index >= 15 is 0 Å². The number of esters is 1. The molecule has 0 saturated heterocycles. The number of anilines is 1. The number of carbonyl (C=O) groups is 2. The first-order valence-electron chi connectivity index (χ1n) is 8.82. The van der Waals surface area contributed by atoms with Crippen LogP contribution < -0.4 is 10.1 Å². The van der Waals surface area contributed by atoms with E-state index in [1.165, 1.54) is 16.9 Å². The average molecular weight is 396 g/mol. The van der Waals surface area contributed by atoms with Gasteiger partial charge < -0.3 is 9.47 Å². The molecule has 3 rings (SSSR count). The van der Waals surface area contributed by atoms with Crippen molar-refractivity contribution in [2.45, 2.75) is 13.3 Å². The number of rotatable bonds is 8. The largest absolute Gasteiger partial charge is 0.482 e. The highest BCUT2D eigenvalue weighted by molar-refractivity contribution is 7.14. The Labute approximate surface area is 167 Å². The van der Waals surface area contributed by atoms with Crippen LogP contribution in [0.15, 0.2) is 60.0 Å². The SMILES string of the molecule is CCc1ccc(-c2csc(NC(=O)COC(=O)COc3ccccc3)n2)cc1. The topological polar surface area (TPSA) is 77.5 Å². The molecule has 3 aromatic rings. The minimum absolute atomic E-state index is 0.257. The standard InChI is InChI=1S/C21H20N2O4S/c1-2-15-8-10-16(11-9-15)18-14-28-21(22-18)23-19(24)12-27-20(25)13-26-17-6-4-3-5-7-17/h3-11,14H,2,12-13H2,1H3,(H,22,23,24).